The number of hydrogen-bond donors (Lipinski definition) is 2. The van der Waals surface area contributed by atoms with Crippen molar-refractivity contribution >= 4 is 34.8 Å². The van der Waals surface area contributed by atoms with Gasteiger partial charge in [0.05, 0.1) is 17.9 Å². The number of nitrogens with zero attached hydrogens (tertiary/aromatic N) is 1. The number of hydrogen-bond acceptors (Lipinski definition) is 5. The summed E-state index contributed by atoms with van der Waals surface area (Å²) in [6.07, 6.45) is 5.59. The molecule has 1 saturated carbocycles. The maximum absolute atomic E-state index is 13.2. The van der Waals surface area contributed by atoms with Gasteiger partial charge in [0.1, 0.15) is 12.4 Å². The summed E-state index contributed by atoms with van der Waals surface area (Å²) in [6.45, 7) is 0.923. The fourth-order valence-corrected chi connectivity index (χ4v) is 4.08. The first-order valence-electron chi connectivity index (χ1n) is 11.2. The summed E-state index contributed by atoms with van der Waals surface area (Å²) in [4.78, 5) is 27.6. The van der Waals surface area contributed by atoms with Gasteiger partial charge in [-0.05, 0) is 61.5 Å². The number of anilines is 1. The van der Waals surface area contributed by atoms with E-state index in [1.807, 2.05) is 24.1 Å². The molecule has 7 nitrogen and oxygen atoms in total. The van der Waals surface area contributed by atoms with E-state index in [1.165, 1.54) is 6.42 Å². The molecule has 0 aromatic heterocycles. The highest BCUT2D eigenvalue weighted by molar-refractivity contribution is 7.80. The first-order valence-corrected chi connectivity index (χ1v) is 11.6. The van der Waals surface area contributed by atoms with Crippen molar-refractivity contribution in [2.75, 3.05) is 32.7 Å². The van der Waals surface area contributed by atoms with Crippen LogP contribution in [0.5, 0.6) is 5.75 Å². The lowest BCUT2D eigenvalue weighted by atomic mass is 9.94. The Hall–Kier alpha value is -2.97. The molecule has 0 aliphatic heterocycles. The highest BCUT2D eigenvalue weighted by Crippen LogP contribution is 2.25. The first-order chi connectivity index (χ1) is 16.0. The van der Waals surface area contributed by atoms with Crippen LogP contribution in [0, 0.1) is 0 Å². The molecule has 3 rings (SSSR count). The van der Waals surface area contributed by atoms with Gasteiger partial charge >= 0.3 is 0 Å². The Kier molecular flexibility index (Phi) is 9.21. The summed E-state index contributed by atoms with van der Waals surface area (Å²) in [5.41, 5.74) is 1.54. The molecular weight excluding hydrogens is 438 g/mol. The van der Waals surface area contributed by atoms with Crippen LogP contribution in [0.2, 0.25) is 0 Å². The average Bonchev–Trinajstić information content (AvgIpc) is 2.84. The van der Waals surface area contributed by atoms with Crippen molar-refractivity contribution in [1.82, 2.24) is 10.2 Å². The number of methoxy groups -OCH3 is 1. The predicted molar refractivity (Wildman–Crippen MR) is 133 cm³/mol. The van der Waals surface area contributed by atoms with Crippen molar-refractivity contribution in [3.63, 3.8) is 0 Å². The van der Waals surface area contributed by atoms with Gasteiger partial charge in [-0.2, -0.15) is 0 Å². The van der Waals surface area contributed by atoms with Crippen molar-refractivity contribution in [3.8, 4) is 5.75 Å². The zero-order valence-corrected chi connectivity index (χ0v) is 20.0. The number of ether oxygens (including phenoxy) is 2. The number of benzene rings is 2. The van der Waals surface area contributed by atoms with Gasteiger partial charge in [-0.25, -0.2) is 0 Å². The predicted octanol–water partition coefficient (Wildman–Crippen LogP) is 4.24. The molecule has 8 heteroatoms. The fourth-order valence-electron chi connectivity index (χ4n) is 3.88. The van der Waals surface area contributed by atoms with Gasteiger partial charge in [0.15, 0.2) is 5.11 Å². The summed E-state index contributed by atoms with van der Waals surface area (Å²) in [7, 11) is 3.47. The molecule has 1 aliphatic carbocycles. The third kappa shape index (κ3) is 7.00. The lowest BCUT2D eigenvalue weighted by Crippen LogP contribution is -2.39. The van der Waals surface area contributed by atoms with Gasteiger partial charge < -0.3 is 19.7 Å². The van der Waals surface area contributed by atoms with Gasteiger partial charge in [0.25, 0.3) is 11.8 Å². The zero-order valence-electron chi connectivity index (χ0n) is 19.1. The second kappa shape index (κ2) is 12.3. The minimum atomic E-state index is -0.348. The van der Waals surface area contributed by atoms with Crippen LogP contribution in [0.3, 0.4) is 0 Å². The van der Waals surface area contributed by atoms with Crippen LogP contribution >= 0.6 is 12.2 Å². The molecule has 33 heavy (non-hydrogen) atoms. The Morgan fingerprint density at radius 3 is 2.42 bits per heavy atom. The molecule has 1 aliphatic rings. The quantitative estimate of drug-likeness (QED) is 0.445. The Morgan fingerprint density at radius 2 is 1.73 bits per heavy atom. The largest absolute Gasteiger partial charge is 0.491 e. The number of carbonyl (C=O) groups excluding carboxylic acids is 2. The average molecular weight is 470 g/mol. The molecule has 2 N–H and O–H groups in total. The minimum Gasteiger partial charge on any atom is -0.491 e. The highest BCUT2D eigenvalue weighted by atomic mass is 32.1. The van der Waals surface area contributed by atoms with Gasteiger partial charge in [0.2, 0.25) is 0 Å². The van der Waals surface area contributed by atoms with E-state index in [9.17, 15) is 9.59 Å². The van der Waals surface area contributed by atoms with Crippen LogP contribution < -0.4 is 15.4 Å². The molecule has 0 heterocycles. The van der Waals surface area contributed by atoms with Gasteiger partial charge in [-0.15, -0.1) is 0 Å². The molecule has 2 amide bonds. The monoisotopic (exact) mass is 469 g/mol. The summed E-state index contributed by atoms with van der Waals surface area (Å²) in [6, 6.07) is 14.2. The molecular formula is C25H31N3O4S. The lowest BCUT2D eigenvalue weighted by molar-refractivity contribution is 0.0697. The molecule has 0 saturated heterocycles. The van der Waals surface area contributed by atoms with Crippen molar-refractivity contribution in [3.05, 3.63) is 59.7 Å². The summed E-state index contributed by atoms with van der Waals surface area (Å²) < 4.78 is 10.5. The molecule has 2 aromatic carbocycles. The van der Waals surface area contributed by atoms with E-state index in [4.69, 9.17) is 21.7 Å². The number of amides is 2. The second-order valence-electron chi connectivity index (χ2n) is 8.03. The van der Waals surface area contributed by atoms with Crippen LogP contribution in [-0.4, -0.2) is 55.2 Å². The third-order valence-corrected chi connectivity index (χ3v) is 5.95. The van der Waals surface area contributed by atoms with Gasteiger partial charge in [-0.3, -0.25) is 14.9 Å². The molecule has 0 unspecified atom stereocenters. The Labute approximate surface area is 200 Å². The lowest BCUT2D eigenvalue weighted by Gasteiger charge is -2.31. The normalized spacial score (nSPS) is 13.8. The molecule has 0 bridgehead atoms. The number of nitrogens with one attached hydrogen (secondary N) is 2. The Morgan fingerprint density at radius 1 is 1.03 bits per heavy atom. The van der Waals surface area contributed by atoms with Crippen LogP contribution in [-0.2, 0) is 4.74 Å². The highest BCUT2D eigenvalue weighted by Gasteiger charge is 2.24. The van der Waals surface area contributed by atoms with E-state index in [2.05, 4.69) is 10.6 Å². The zero-order chi connectivity index (χ0) is 23.6. The van der Waals surface area contributed by atoms with Crippen molar-refractivity contribution in [1.29, 1.82) is 0 Å². The van der Waals surface area contributed by atoms with Crippen molar-refractivity contribution in [2.45, 2.75) is 38.1 Å². The number of para-hydroxylation sites is 1. The van der Waals surface area contributed by atoms with Gasteiger partial charge in [0, 0.05) is 25.8 Å². The first kappa shape index (κ1) is 24.7. The standard InChI is InChI=1S/C25H31N3O4S/c1-28(19-8-4-3-5-9-19)24(30)21-10-6-7-11-22(21)26-25(33)27-23(29)18-12-14-20(15-13-18)32-17-16-31-2/h6-7,10-15,19H,3-5,8-9,16-17H2,1-2H3,(H2,26,27,29,33). The molecule has 1 fully saturated rings. The van der Waals surface area contributed by atoms with Crippen LogP contribution in [0.1, 0.15) is 52.8 Å². The van der Waals surface area contributed by atoms with Crippen LogP contribution in [0.15, 0.2) is 48.5 Å². The van der Waals surface area contributed by atoms with Crippen LogP contribution in [0.4, 0.5) is 5.69 Å². The Bertz CT molecular complexity index is 958. The smallest absolute Gasteiger partial charge is 0.257 e. The van der Waals surface area contributed by atoms with E-state index < -0.39 is 0 Å². The second-order valence-corrected chi connectivity index (χ2v) is 8.44. The number of thiocarbonyl (C=S) groups is 1. The molecule has 2 aromatic rings. The Balaban J connectivity index is 1.60. The van der Waals surface area contributed by atoms with E-state index in [-0.39, 0.29) is 23.0 Å². The van der Waals surface area contributed by atoms with E-state index in [0.29, 0.717) is 35.8 Å². The fraction of sp³-hybridized carbons (Fsp3) is 0.400. The summed E-state index contributed by atoms with van der Waals surface area (Å²) in [5, 5.41) is 5.81. The minimum absolute atomic E-state index is 0.0526. The van der Waals surface area contributed by atoms with Crippen molar-refractivity contribution < 1.29 is 19.1 Å². The van der Waals surface area contributed by atoms with E-state index in [0.717, 1.165) is 25.7 Å². The van der Waals surface area contributed by atoms with E-state index in [1.54, 1.807) is 43.5 Å². The summed E-state index contributed by atoms with van der Waals surface area (Å²) in [5.74, 6) is 0.251. The summed E-state index contributed by atoms with van der Waals surface area (Å²) >= 11 is 5.34. The van der Waals surface area contributed by atoms with Crippen molar-refractivity contribution in [2.24, 2.45) is 0 Å². The molecule has 0 spiro atoms. The van der Waals surface area contributed by atoms with Gasteiger partial charge in [-0.1, -0.05) is 31.4 Å². The maximum atomic E-state index is 13.2. The number of carbonyl (C=O) groups is 2. The topological polar surface area (TPSA) is 79.9 Å². The van der Waals surface area contributed by atoms with Crippen LogP contribution in [0.25, 0.3) is 0 Å². The molecule has 0 atom stereocenters. The van der Waals surface area contributed by atoms with E-state index >= 15 is 0 Å². The number of rotatable bonds is 8. The maximum Gasteiger partial charge on any atom is 0.257 e. The molecule has 176 valence electrons. The SMILES string of the molecule is COCCOc1ccc(C(=O)NC(=S)Nc2ccccc2C(=O)N(C)C2CCCCC2)cc1. The molecule has 0 radical (unpaired) electrons. The third-order valence-electron chi connectivity index (χ3n) is 5.75.